The molecule has 9 heteroatoms. The van der Waals surface area contributed by atoms with Gasteiger partial charge >= 0.3 is 10.2 Å². The van der Waals surface area contributed by atoms with Crippen LogP contribution >= 0.6 is 0 Å². The van der Waals surface area contributed by atoms with Crippen molar-refractivity contribution in [3.63, 3.8) is 0 Å². The van der Waals surface area contributed by atoms with Gasteiger partial charge in [0.05, 0.1) is 23.3 Å². The monoisotopic (exact) mass is 545 g/mol. The number of nitrogens with one attached hydrogen (secondary N) is 1. The maximum atomic E-state index is 13.2. The molecule has 1 amide bonds. The molecular formula is C30H35N5O3S. The fourth-order valence-corrected chi connectivity index (χ4v) is 7.95. The van der Waals surface area contributed by atoms with E-state index >= 15 is 0 Å². The van der Waals surface area contributed by atoms with Gasteiger partial charge in [-0.05, 0) is 55.4 Å². The summed E-state index contributed by atoms with van der Waals surface area (Å²) in [6, 6.07) is 14.4. The highest BCUT2D eigenvalue weighted by atomic mass is 32.2. The third-order valence-corrected chi connectivity index (χ3v) is 11.0. The van der Waals surface area contributed by atoms with E-state index in [-0.39, 0.29) is 5.54 Å². The smallest absolute Gasteiger partial charge is 0.303 e. The SMILES string of the molecule is CN(C)S(=O)(=O)NC(=O)c1ccc2c(C3CCCCC3)c3n(c2c1)CC12CCC1CN=CN2c1ccccc1-3. The zero-order valence-electron chi connectivity index (χ0n) is 22.6. The van der Waals surface area contributed by atoms with Gasteiger partial charge in [0, 0.05) is 55.1 Å². The summed E-state index contributed by atoms with van der Waals surface area (Å²) in [5.74, 6) is 0.326. The lowest BCUT2D eigenvalue weighted by molar-refractivity contribution is 0.0979. The zero-order chi connectivity index (χ0) is 26.9. The van der Waals surface area contributed by atoms with Gasteiger partial charge in [-0.3, -0.25) is 9.79 Å². The van der Waals surface area contributed by atoms with Crippen molar-refractivity contribution < 1.29 is 13.2 Å². The average Bonchev–Trinajstić information content (AvgIpc) is 3.16. The van der Waals surface area contributed by atoms with E-state index in [2.05, 4.69) is 44.5 Å². The summed E-state index contributed by atoms with van der Waals surface area (Å²) in [5.41, 5.74) is 6.38. The minimum atomic E-state index is -3.89. The fraction of sp³-hybridized carbons (Fsp3) is 0.467. The van der Waals surface area contributed by atoms with Crippen LogP contribution in [-0.4, -0.2) is 55.7 Å². The van der Waals surface area contributed by atoms with Crippen molar-refractivity contribution in [2.24, 2.45) is 10.9 Å². The second-order valence-electron chi connectivity index (χ2n) is 11.8. The van der Waals surface area contributed by atoms with Crippen molar-refractivity contribution >= 4 is 39.0 Å². The first-order chi connectivity index (χ1) is 18.8. The largest absolute Gasteiger partial charge is 0.338 e. The van der Waals surface area contributed by atoms with Crippen molar-refractivity contribution in [1.29, 1.82) is 0 Å². The van der Waals surface area contributed by atoms with Crippen LogP contribution in [-0.2, 0) is 16.8 Å². The molecule has 0 bridgehead atoms. The molecule has 3 aromatic rings. The van der Waals surface area contributed by atoms with Gasteiger partial charge in [0.2, 0.25) is 0 Å². The number of aliphatic imine (C=N–C) groups is 1. The molecule has 7 rings (SSSR count). The van der Waals surface area contributed by atoms with Crippen molar-refractivity contribution in [3.05, 3.63) is 53.6 Å². The van der Waals surface area contributed by atoms with E-state index in [0.29, 0.717) is 17.4 Å². The molecule has 2 aliphatic carbocycles. The number of carbonyl (C=O) groups is 1. The molecule has 1 spiro atoms. The summed E-state index contributed by atoms with van der Waals surface area (Å²) < 4.78 is 30.5. The molecule has 8 nitrogen and oxygen atoms in total. The molecule has 39 heavy (non-hydrogen) atoms. The highest BCUT2D eigenvalue weighted by molar-refractivity contribution is 7.87. The topological polar surface area (TPSA) is 87.0 Å². The Labute approximate surface area is 229 Å². The van der Waals surface area contributed by atoms with E-state index in [1.165, 1.54) is 61.3 Å². The molecule has 3 heterocycles. The summed E-state index contributed by atoms with van der Waals surface area (Å²) in [6.07, 6.45) is 10.4. The Bertz CT molecular complexity index is 1620. The molecule has 1 N–H and O–H groups in total. The number of hydrogen-bond acceptors (Lipinski definition) is 5. The number of carbonyl (C=O) groups excluding carboxylic acids is 1. The Hall–Kier alpha value is -3.17. The maximum absolute atomic E-state index is 13.2. The van der Waals surface area contributed by atoms with Crippen LogP contribution in [0.1, 0.15) is 66.8 Å². The molecule has 2 aromatic carbocycles. The number of para-hydroxylation sites is 1. The maximum Gasteiger partial charge on any atom is 0.303 e. The summed E-state index contributed by atoms with van der Waals surface area (Å²) in [5, 5.41) is 1.18. The van der Waals surface area contributed by atoms with Crippen molar-refractivity contribution in [1.82, 2.24) is 13.6 Å². The number of benzene rings is 2. The standard InChI is InChI=1S/C30H35N5O3S/c1-33(2)39(37,38)32-29(36)21-12-13-23-26(16-21)34-18-30-15-14-22(30)17-31-19-35(30)25-11-7-6-10-24(25)28(34)27(23)20-8-4-3-5-9-20/h6-7,10-13,16,19-20,22H,3-5,8-9,14-15,17-18H2,1-2H3,(H,32,36). The number of amides is 1. The highest BCUT2D eigenvalue weighted by Gasteiger charge is 2.54. The first-order valence-corrected chi connectivity index (χ1v) is 15.5. The Morgan fingerprint density at radius 1 is 1.08 bits per heavy atom. The summed E-state index contributed by atoms with van der Waals surface area (Å²) in [6.45, 7) is 1.66. The van der Waals surface area contributed by atoms with E-state index in [1.807, 2.05) is 12.4 Å². The lowest BCUT2D eigenvalue weighted by atomic mass is 9.64. The Morgan fingerprint density at radius 3 is 2.62 bits per heavy atom. The van der Waals surface area contributed by atoms with Crippen LogP contribution < -0.4 is 9.62 Å². The Balaban J connectivity index is 1.47. The molecule has 4 aliphatic rings. The Morgan fingerprint density at radius 2 is 1.87 bits per heavy atom. The molecular weight excluding hydrogens is 510 g/mol. The molecule has 0 saturated heterocycles. The van der Waals surface area contributed by atoms with Gasteiger partial charge in [-0.15, -0.1) is 0 Å². The third kappa shape index (κ3) is 3.69. The van der Waals surface area contributed by atoms with Gasteiger partial charge in [0.15, 0.2) is 0 Å². The first kappa shape index (κ1) is 24.8. The van der Waals surface area contributed by atoms with Crippen molar-refractivity contribution in [3.8, 4) is 11.3 Å². The van der Waals surface area contributed by atoms with Crippen LogP contribution in [0.5, 0.6) is 0 Å². The van der Waals surface area contributed by atoms with Crippen LogP contribution in [0.15, 0.2) is 47.5 Å². The van der Waals surface area contributed by atoms with Crippen LogP contribution in [0.4, 0.5) is 5.69 Å². The summed E-state index contributed by atoms with van der Waals surface area (Å²) in [7, 11) is -1.07. The van der Waals surface area contributed by atoms with Crippen LogP contribution in [0.3, 0.4) is 0 Å². The van der Waals surface area contributed by atoms with E-state index in [1.54, 1.807) is 6.07 Å². The summed E-state index contributed by atoms with van der Waals surface area (Å²) >= 11 is 0. The van der Waals surface area contributed by atoms with E-state index in [9.17, 15) is 13.2 Å². The number of fused-ring (bicyclic) bond motifs is 6. The van der Waals surface area contributed by atoms with Gasteiger partial charge < -0.3 is 9.47 Å². The van der Waals surface area contributed by atoms with E-state index in [0.717, 1.165) is 48.6 Å². The highest BCUT2D eigenvalue weighted by Crippen LogP contribution is 2.55. The zero-order valence-corrected chi connectivity index (χ0v) is 23.4. The predicted molar refractivity (Wildman–Crippen MR) is 155 cm³/mol. The second-order valence-corrected chi connectivity index (χ2v) is 13.7. The number of rotatable bonds is 4. The van der Waals surface area contributed by atoms with Gasteiger partial charge in [-0.1, -0.05) is 43.5 Å². The normalized spacial score (nSPS) is 24.4. The van der Waals surface area contributed by atoms with Crippen LogP contribution in [0.2, 0.25) is 0 Å². The van der Waals surface area contributed by atoms with Gasteiger partial charge in [-0.2, -0.15) is 12.7 Å². The van der Waals surface area contributed by atoms with Crippen LogP contribution in [0.25, 0.3) is 22.2 Å². The second kappa shape index (κ2) is 8.93. The molecule has 204 valence electrons. The average molecular weight is 546 g/mol. The van der Waals surface area contributed by atoms with Crippen molar-refractivity contribution in [2.75, 3.05) is 25.5 Å². The molecule has 2 aliphatic heterocycles. The lowest BCUT2D eigenvalue weighted by Crippen LogP contribution is -2.64. The minimum Gasteiger partial charge on any atom is -0.338 e. The quantitative estimate of drug-likeness (QED) is 0.505. The molecule has 2 saturated carbocycles. The fourth-order valence-electron chi connectivity index (χ4n) is 7.42. The van der Waals surface area contributed by atoms with E-state index in [4.69, 9.17) is 4.99 Å². The molecule has 0 radical (unpaired) electrons. The number of hydrogen-bond donors (Lipinski definition) is 1. The van der Waals surface area contributed by atoms with Gasteiger partial charge in [0.25, 0.3) is 5.91 Å². The number of anilines is 1. The third-order valence-electron chi connectivity index (χ3n) is 9.62. The van der Waals surface area contributed by atoms with Gasteiger partial charge in [0.1, 0.15) is 0 Å². The first-order valence-electron chi connectivity index (χ1n) is 14.1. The lowest BCUT2D eigenvalue weighted by Gasteiger charge is -2.56. The molecule has 2 fully saturated rings. The minimum absolute atomic E-state index is 0.0502. The molecule has 2 unspecified atom stereocenters. The van der Waals surface area contributed by atoms with Crippen LogP contribution in [0, 0.1) is 5.92 Å². The number of aromatic nitrogens is 1. The molecule has 2 atom stereocenters. The number of nitrogens with zero attached hydrogens (tertiary/aromatic N) is 4. The van der Waals surface area contributed by atoms with Crippen molar-refractivity contribution in [2.45, 2.75) is 62.9 Å². The van der Waals surface area contributed by atoms with Gasteiger partial charge in [-0.25, -0.2) is 4.72 Å². The summed E-state index contributed by atoms with van der Waals surface area (Å²) in [4.78, 5) is 20.4. The van der Waals surface area contributed by atoms with E-state index < -0.39 is 16.1 Å². The Kier molecular flexibility index (Phi) is 5.68. The molecule has 1 aromatic heterocycles. The predicted octanol–water partition coefficient (Wildman–Crippen LogP) is 4.90.